The van der Waals surface area contributed by atoms with Crippen molar-refractivity contribution in [2.24, 2.45) is 0 Å². The SMILES string of the molecule is Nc1cc(N2CCN(C(=O)c3ccccc3)CC2)c(Cl)cc1[N+](=O)[O-]. The summed E-state index contributed by atoms with van der Waals surface area (Å²) < 4.78 is 0. The molecule has 0 unspecified atom stereocenters. The quantitative estimate of drug-likeness (QED) is 0.516. The first-order valence-corrected chi connectivity index (χ1v) is 8.18. The Morgan fingerprint density at radius 2 is 1.76 bits per heavy atom. The molecule has 25 heavy (non-hydrogen) atoms. The summed E-state index contributed by atoms with van der Waals surface area (Å²) in [6, 6.07) is 11.9. The first-order valence-electron chi connectivity index (χ1n) is 7.80. The van der Waals surface area contributed by atoms with Crippen molar-refractivity contribution in [3.8, 4) is 0 Å². The predicted octanol–water partition coefficient (Wildman–Crippen LogP) is 2.79. The molecular weight excluding hydrogens is 344 g/mol. The van der Waals surface area contributed by atoms with Gasteiger partial charge in [-0.3, -0.25) is 14.9 Å². The number of hydrogen-bond acceptors (Lipinski definition) is 5. The molecule has 130 valence electrons. The van der Waals surface area contributed by atoms with E-state index in [1.807, 2.05) is 23.1 Å². The molecule has 7 nitrogen and oxygen atoms in total. The lowest BCUT2D eigenvalue weighted by Gasteiger charge is -2.36. The number of nitrogens with zero attached hydrogens (tertiary/aromatic N) is 3. The number of nitrogens with two attached hydrogens (primary N) is 1. The number of nitro benzene ring substituents is 1. The van der Waals surface area contributed by atoms with Crippen LogP contribution in [-0.4, -0.2) is 41.9 Å². The number of hydrogen-bond donors (Lipinski definition) is 1. The number of piperazine rings is 1. The molecule has 1 saturated heterocycles. The maximum Gasteiger partial charge on any atom is 0.293 e. The molecule has 0 spiro atoms. The Balaban J connectivity index is 1.71. The van der Waals surface area contributed by atoms with Crippen molar-refractivity contribution < 1.29 is 9.72 Å². The molecule has 1 aliphatic rings. The van der Waals surface area contributed by atoms with E-state index in [1.54, 1.807) is 17.0 Å². The van der Waals surface area contributed by atoms with E-state index in [0.717, 1.165) is 0 Å². The normalized spacial score (nSPS) is 14.4. The van der Waals surface area contributed by atoms with Crippen LogP contribution in [0.4, 0.5) is 17.1 Å². The zero-order valence-corrected chi connectivity index (χ0v) is 14.1. The molecule has 2 aromatic carbocycles. The minimum atomic E-state index is -0.554. The molecule has 0 aliphatic carbocycles. The van der Waals surface area contributed by atoms with Gasteiger partial charge in [-0.15, -0.1) is 0 Å². The van der Waals surface area contributed by atoms with E-state index < -0.39 is 4.92 Å². The van der Waals surface area contributed by atoms with Crippen molar-refractivity contribution in [2.45, 2.75) is 0 Å². The van der Waals surface area contributed by atoms with E-state index in [-0.39, 0.29) is 22.3 Å². The van der Waals surface area contributed by atoms with Crippen LogP contribution in [0.2, 0.25) is 5.02 Å². The second-order valence-electron chi connectivity index (χ2n) is 5.76. The number of carbonyl (C=O) groups is 1. The Bertz CT molecular complexity index is 805. The minimum absolute atomic E-state index is 0.00504. The van der Waals surface area contributed by atoms with Gasteiger partial charge in [-0.1, -0.05) is 29.8 Å². The van der Waals surface area contributed by atoms with Crippen LogP contribution in [0.1, 0.15) is 10.4 Å². The van der Waals surface area contributed by atoms with Crippen molar-refractivity contribution in [2.75, 3.05) is 36.8 Å². The van der Waals surface area contributed by atoms with E-state index >= 15 is 0 Å². The topological polar surface area (TPSA) is 92.7 Å². The van der Waals surface area contributed by atoms with Gasteiger partial charge in [0.15, 0.2) is 0 Å². The summed E-state index contributed by atoms with van der Waals surface area (Å²) in [5.74, 6) is -0.00504. The second-order valence-corrected chi connectivity index (χ2v) is 6.17. The van der Waals surface area contributed by atoms with E-state index in [4.69, 9.17) is 17.3 Å². The molecule has 1 heterocycles. The highest BCUT2D eigenvalue weighted by Gasteiger charge is 2.25. The van der Waals surface area contributed by atoms with Gasteiger partial charge >= 0.3 is 0 Å². The van der Waals surface area contributed by atoms with Crippen molar-refractivity contribution in [1.82, 2.24) is 4.90 Å². The van der Waals surface area contributed by atoms with E-state index in [9.17, 15) is 14.9 Å². The summed E-state index contributed by atoms with van der Waals surface area (Å²) >= 11 is 6.19. The molecule has 3 rings (SSSR count). The number of amides is 1. The summed E-state index contributed by atoms with van der Waals surface area (Å²) in [7, 11) is 0. The van der Waals surface area contributed by atoms with E-state index in [2.05, 4.69) is 0 Å². The maximum atomic E-state index is 12.5. The third kappa shape index (κ3) is 3.51. The molecule has 1 aliphatic heterocycles. The first kappa shape index (κ1) is 17.0. The van der Waals surface area contributed by atoms with Gasteiger partial charge in [0.25, 0.3) is 11.6 Å². The van der Waals surface area contributed by atoms with Gasteiger partial charge in [-0.25, -0.2) is 0 Å². The fourth-order valence-electron chi connectivity index (χ4n) is 2.88. The molecule has 0 bridgehead atoms. The Labute approximate surface area is 149 Å². The summed E-state index contributed by atoms with van der Waals surface area (Å²) in [5.41, 5.74) is 6.94. The summed E-state index contributed by atoms with van der Waals surface area (Å²) in [6.45, 7) is 2.24. The molecule has 1 amide bonds. The van der Waals surface area contributed by atoms with Gasteiger partial charge in [0.1, 0.15) is 5.69 Å². The summed E-state index contributed by atoms with van der Waals surface area (Å²) in [5, 5.41) is 11.2. The zero-order valence-electron chi connectivity index (χ0n) is 13.4. The highest BCUT2D eigenvalue weighted by molar-refractivity contribution is 6.33. The van der Waals surface area contributed by atoms with Gasteiger partial charge in [0, 0.05) is 37.8 Å². The third-order valence-corrected chi connectivity index (χ3v) is 4.52. The van der Waals surface area contributed by atoms with Crippen LogP contribution in [0.5, 0.6) is 0 Å². The molecule has 0 aromatic heterocycles. The van der Waals surface area contributed by atoms with Crippen molar-refractivity contribution in [3.05, 3.63) is 63.2 Å². The minimum Gasteiger partial charge on any atom is -0.393 e. The number of nitrogen functional groups attached to an aromatic ring is 1. The number of nitro groups is 1. The van der Waals surface area contributed by atoms with Crippen LogP contribution in [-0.2, 0) is 0 Å². The monoisotopic (exact) mass is 360 g/mol. The van der Waals surface area contributed by atoms with Crippen LogP contribution >= 0.6 is 11.6 Å². The predicted molar refractivity (Wildman–Crippen MR) is 97.1 cm³/mol. The van der Waals surface area contributed by atoms with Crippen LogP contribution < -0.4 is 10.6 Å². The van der Waals surface area contributed by atoms with Crippen molar-refractivity contribution in [1.29, 1.82) is 0 Å². The highest BCUT2D eigenvalue weighted by Crippen LogP contribution is 2.35. The standard InChI is InChI=1S/C17H17ClN4O3/c18-13-10-16(22(24)25)14(19)11-15(13)20-6-8-21(9-7-20)17(23)12-4-2-1-3-5-12/h1-5,10-11H,6-9,19H2. The third-order valence-electron chi connectivity index (χ3n) is 4.22. The Morgan fingerprint density at radius 3 is 2.36 bits per heavy atom. The highest BCUT2D eigenvalue weighted by atomic mass is 35.5. The molecule has 0 atom stereocenters. The van der Waals surface area contributed by atoms with E-state index in [1.165, 1.54) is 12.1 Å². The Morgan fingerprint density at radius 1 is 1.12 bits per heavy atom. The second kappa shape index (κ2) is 6.98. The molecule has 0 saturated carbocycles. The van der Waals surface area contributed by atoms with Crippen LogP contribution in [0.3, 0.4) is 0 Å². The molecule has 2 N–H and O–H groups in total. The maximum absolute atomic E-state index is 12.5. The molecular formula is C17H17ClN4O3. The molecule has 0 radical (unpaired) electrons. The number of carbonyl (C=O) groups excluding carboxylic acids is 1. The number of halogens is 1. The van der Waals surface area contributed by atoms with Crippen LogP contribution in [0.15, 0.2) is 42.5 Å². The lowest BCUT2D eigenvalue weighted by atomic mass is 10.1. The van der Waals surface area contributed by atoms with Gasteiger partial charge < -0.3 is 15.5 Å². The van der Waals surface area contributed by atoms with Crippen molar-refractivity contribution in [3.63, 3.8) is 0 Å². The molecule has 8 heteroatoms. The fraction of sp³-hybridized carbons (Fsp3) is 0.235. The van der Waals surface area contributed by atoms with Crippen LogP contribution in [0, 0.1) is 10.1 Å². The fourth-order valence-corrected chi connectivity index (χ4v) is 3.16. The number of benzene rings is 2. The number of anilines is 2. The Hall–Kier alpha value is -2.80. The lowest BCUT2D eigenvalue weighted by Crippen LogP contribution is -2.48. The van der Waals surface area contributed by atoms with Gasteiger partial charge in [-0.05, 0) is 18.2 Å². The number of rotatable bonds is 3. The van der Waals surface area contributed by atoms with Gasteiger partial charge in [-0.2, -0.15) is 0 Å². The Kier molecular flexibility index (Phi) is 4.76. The van der Waals surface area contributed by atoms with E-state index in [0.29, 0.717) is 37.4 Å². The van der Waals surface area contributed by atoms with Crippen LogP contribution in [0.25, 0.3) is 0 Å². The first-order chi connectivity index (χ1) is 12.0. The average Bonchev–Trinajstić information content (AvgIpc) is 2.63. The zero-order chi connectivity index (χ0) is 18.0. The van der Waals surface area contributed by atoms with Gasteiger partial charge in [0.05, 0.1) is 15.6 Å². The van der Waals surface area contributed by atoms with Gasteiger partial charge in [0.2, 0.25) is 0 Å². The largest absolute Gasteiger partial charge is 0.393 e. The lowest BCUT2D eigenvalue weighted by molar-refractivity contribution is -0.383. The average molecular weight is 361 g/mol. The molecule has 1 fully saturated rings. The summed E-state index contributed by atoms with van der Waals surface area (Å²) in [6.07, 6.45) is 0. The molecule has 2 aromatic rings. The summed E-state index contributed by atoms with van der Waals surface area (Å²) in [4.78, 5) is 26.6. The van der Waals surface area contributed by atoms with Crippen molar-refractivity contribution >= 4 is 34.6 Å². The smallest absolute Gasteiger partial charge is 0.293 e.